The van der Waals surface area contributed by atoms with Gasteiger partial charge in [0.05, 0.1) is 6.54 Å². The van der Waals surface area contributed by atoms with Gasteiger partial charge in [-0.25, -0.2) is 0 Å². The second kappa shape index (κ2) is 7.16. The highest BCUT2D eigenvalue weighted by molar-refractivity contribution is 5.75. The first-order chi connectivity index (χ1) is 8.84. The third kappa shape index (κ3) is 4.49. The summed E-state index contributed by atoms with van der Waals surface area (Å²) < 4.78 is 1.82. The predicted octanol–water partition coefficient (Wildman–Crippen LogP) is 0.779. The van der Waals surface area contributed by atoms with E-state index in [-0.39, 0.29) is 5.91 Å². The maximum atomic E-state index is 11.7. The van der Waals surface area contributed by atoms with Gasteiger partial charge in [-0.1, -0.05) is 0 Å². The molecule has 1 unspecified atom stereocenters. The van der Waals surface area contributed by atoms with E-state index >= 15 is 0 Å². The molecule has 5 nitrogen and oxygen atoms in total. The highest BCUT2D eigenvalue weighted by atomic mass is 16.1. The quantitative estimate of drug-likeness (QED) is 0.784. The number of aromatic nitrogens is 2. The predicted molar refractivity (Wildman–Crippen MR) is 70.1 cm³/mol. The lowest BCUT2D eigenvalue weighted by molar-refractivity contribution is -0.121. The van der Waals surface area contributed by atoms with E-state index in [9.17, 15) is 4.79 Å². The van der Waals surface area contributed by atoms with Crippen molar-refractivity contribution in [1.29, 1.82) is 0 Å². The van der Waals surface area contributed by atoms with Gasteiger partial charge in [0.2, 0.25) is 5.91 Å². The van der Waals surface area contributed by atoms with Gasteiger partial charge in [-0.2, -0.15) is 5.10 Å². The zero-order valence-electron chi connectivity index (χ0n) is 10.8. The molecule has 2 N–H and O–H groups in total. The first-order valence-electron chi connectivity index (χ1n) is 6.79. The molecule has 1 saturated heterocycles. The van der Waals surface area contributed by atoms with Crippen LogP contribution >= 0.6 is 0 Å². The number of piperidine rings is 1. The fourth-order valence-electron chi connectivity index (χ4n) is 2.34. The standard InChI is InChI=1S/C13H22N4O/c18-13(5-4-12-3-1-6-14-11-12)15-8-10-17-9-2-7-16-17/h2,7,9,12,14H,1,3-6,8,10-11H2,(H,15,18). The lowest BCUT2D eigenvalue weighted by Gasteiger charge is -2.22. The van der Waals surface area contributed by atoms with E-state index < -0.39 is 0 Å². The molecule has 0 radical (unpaired) electrons. The molecule has 2 rings (SSSR count). The van der Waals surface area contributed by atoms with Crippen LogP contribution < -0.4 is 10.6 Å². The zero-order chi connectivity index (χ0) is 12.6. The van der Waals surface area contributed by atoms with Crippen LogP contribution in [0.15, 0.2) is 18.5 Å². The summed E-state index contributed by atoms with van der Waals surface area (Å²) in [5.74, 6) is 0.836. The van der Waals surface area contributed by atoms with Crippen molar-refractivity contribution in [3.05, 3.63) is 18.5 Å². The molecule has 18 heavy (non-hydrogen) atoms. The summed E-state index contributed by atoms with van der Waals surface area (Å²) in [7, 11) is 0. The van der Waals surface area contributed by atoms with Gasteiger partial charge in [0.1, 0.15) is 0 Å². The minimum atomic E-state index is 0.160. The van der Waals surface area contributed by atoms with Gasteiger partial charge in [0, 0.05) is 25.4 Å². The lowest BCUT2D eigenvalue weighted by Crippen LogP contribution is -2.32. The molecule has 1 atom stereocenters. The van der Waals surface area contributed by atoms with Crippen LogP contribution in [0.3, 0.4) is 0 Å². The number of carbonyl (C=O) groups excluding carboxylic acids is 1. The van der Waals surface area contributed by atoms with E-state index in [0.29, 0.717) is 18.9 Å². The highest BCUT2D eigenvalue weighted by Crippen LogP contribution is 2.15. The van der Waals surface area contributed by atoms with Gasteiger partial charge >= 0.3 is 0 Å². The third-order valence-electron chi connectivity index (χ3n) is 3.40. The van der Waals surface area contributed by atoms with Crippen molar-refractivity contribution in [3.8, 4) is 0 Å². The van der Waals surface area contributed by atoms with Crippen LogP contribution in [0.2, 0.25) is 0 Å². The van der Waals surface area contributed by atoms with E-state index in [1.165, 1.54) is 12.8 Å². The van der Waals surface area contributed by atoms with E-state index in [1.807, 2.05) is 16.9 Å². The van der Waals surface area contributed by atoms with Crippen LogP contribution in [-0.4, -0.2) is 35.3 Å². The van der Waals surface area contributed by atoms with Gasteiger partial charge in [-0.05, 0) is 44.3 Å². The summed E-state index contributed by atoms with van der Waals surface area (Å²) in [5.41, 5.74) is 0. The first kappa shape index (κ1) is 13.1. The van der Waals surface area contributed by atoms with Crippen molar-refractivity contribution in [2.45, 2.75) is 32.2 Å². The Labute approximate surface area is 108 Å². The van der Waals surface area contributed by atoms with E-state index in [0.717, 1.165) is 26.1 Å². The van der Waals surface area contributed by atoms with Crippen LogP contribution in [0.4, 0.5) is 0 Å². The van der Waals surface area contributed by atoms with Crippen molar-refractivity contribution in [3.63, 3.8) is 0 Å². The van der Waals surface area contributed by atoms with Crippen LogP contribution in [0.25, 0.3) is 0 Å². The van der Waals surface area contributed by atoms with Crippen LogP contribution in [0.5, 0.6) is 0 Å². The Balaban J connectivity index is 1.54. The van der Waals surface area contributed by atoms with Gasteiger partial charge in [-0.15, -0.1) is 0 Å². The second-order valence-electron chi connectivity index (χ2n) is 4.87. The number of carbonyl (C=O) groups is 1. The third-order valence-corrected chi connectivity index (χ3v) is 3.40. The van der Waals surface area contributed by atoms with E-state index in [2.05, 4.69) is 15.7 Å². The van der Waals surface area contributed by atoms with E-state index in [1.54, 1.807) is 6.20 Å². The largest absolute Gasteiger partial charge is 0.354 e. The maximum absolute atomic E-state index is 11.7. The number of amides is 1. The zero-order valence-corrected chi connectivity index (χ0v) is 10.8. The van der Waals surface area contributed by atoms with E-state index in [4.69, 9.17) is 0 Å². The molecule has 1 fully saturated rings. The van der Waals surface area contributed by atoms with Gasteiger partial charge in [-0.3, -0.25) is 9.48 Å². The van der Waals surface area contributed by atoms with Crippen LogP contribution in [-0.2, 0) is 11.3 Å². The normalized spacial score (nSPS) is 19.7. The van der Waals surface area contributed by atoms with Gasteiger partial charge in [0.25, 0.3) is 0 Å². The van der Waals surface area contributed by atoms with Crippen molar-refractivity contribution in [1.82, 2.24) is 20.4 Å². The first-order valence-corrected chi connectivity index (χ1v) is 6.79. The summed E-state index contributed by atoms with van der Waals surface area (Å²) in [6, 6.07) is 1.89. The van der Waals surface area contributed by atoms with Gasteiger partial charge in [0.15, 0.2) is 0 Å². The van der Waals surface area contributed by atoms with Crippen molar-refractivity contribution >= 4 is 5.91 Å². The molecular weight excluding hydrogens is 228 g/mol. The summed E-state index contributed by atoms with van der Waals surface area (Å²) >= 11 is 0. The number of nitrogens with zero attached hydrogens (tertiary/aromatic N) is 2. The molecule has 1 amide bonds. The molecule has 0 saturated carbocycles. The lowest BCUT2D eigenvalue weighted by atomic mass is 9.94. The summed E-state index contributed by atoms with van der Waals surface area (Å²) in [5, 5.41) is 10.4. The van der Waals surface area contributed by atoms with Crippen molar-refractivity contribution in [2.24, 2.45) is 5.92 Å². The number of hydrogen-bond donors (Lipinski definition) is 2. The Kier molecular flexibility index (Phi) is 5.20. The summed E-state index contributed by atoms with van der Waals surface area (Å²) in [4.78, 5) is 11.7. The SMILES string of the molecule is O=C(CCC1CCCNC1)NCCn1cccn1. The van der Waals surface area contributed by atoms with Crippen LogP contribution in [0.1, 0.15) is 25.7 Å². The minimum absolute atomic E-state index is 0.160. The molecule has 5 heteroatoms. The fraction of sp³-hybridized carbons (Fsp3) is 0.692. The Morgan fingerprint density at radius 2 is 2.50 bits per heavy atom. The molecule has 0 spiro atoms. The number of rotatable bonds is 6. The Hall–Kier alpha value is -1.36. The maximum Gasteiger partial charge on any atom is 0.220 e. The fourth-order valence-corrected chi connectivity index (χ4v) is 2.34. The molecule has 0 bridgehead atoms. The molecule has 1 aliphatic rings. The van der Waals surface area contributed by atoms with Crippen molar-refractivity contribution in [2.75, 3.05) is 19.6 Å². The number of nitrogens with one attached hydrogen (secondary N) is 2. The molecule has 1 aromatic heterocycles. The molecule has 1 aromatic rings. The molecule has 1 aliphatic heterocycles. The van der Waals surface area contributed by atoms with Crippen LogP contribution in [0, 0.1) is 5.92 Å². The topological polar surface area (TPSA) is 59.0 Å². The Morgan fingerprint density at radius 1 is 1.56 bits per heavy atom. The Bertz CT molecular complexity index is 344. The molecule has 100 valence electrons. The van der Waals surface area contributed by atoms with Gasteiger partial charge < -0.3 is 10.6 Å². The molecule has 0 aliphatic carbocycles. The minimum Gasteiger partial charge on any atom is -0.354 e. The van der Waals surface area contributed by atoms with Crippen molar-refractivity contribution < 1.29 is 4.79 Å². The molecule has 2 heterocycles. The summed E-state index contributed by atoms with van der Waals surface area (Å²) in [6.07, 6.45) is 7.79. The second-order valence-corrected chi connectivity index (χ2v) is 4.87. The smallest absolute Gasteiger partial charge is 0.220 e. The highest BCUT2D eigenvalue weighted by Gasteiger charge is 2.14. The molecular formula is C13H22N4O. The summed E-state index contributed by atoms with van der Waals surface area (Å²) in [6.45, 7) is 3.60. The average molecular weight is 250 g/mol. The number of hydrogen-bond acceptors (Lipinski definition) is 3. The monoisotopic (exact) mass is 250 g/mol. The molecule has 0 aromatic carbocycles. The average Bonchev–Trinajstić information content (AvgIpc) is 2.91. The Morgan fingerprint density at radius 3 is 3.22 bits per heavy atom.